The molecule has 0 bridgehead atoms. The van der Waals surface area contributed by atoms with Crippen LogP contribution in [-0.2, 0) is 0 Å². The molecular formula is C15H20N4O. The predicted octanol–water partition coefficient (Wildman–Crippen LogP) is 2.32. The molecule has 0 aliphatic heterocycles. The van der Waals surface area contributed by atoms with E-state index in [9.17, 15) is 4.79 Å². The average Bonchev–Trinajstić information content (AvgIpc) is 3.22. The Morgan fingerprint density at radius 2 is 2.25 bits per heavy atom. The lowest BCUT2D eigenvalue weighted by Gasteiger charge is -2.13. The van der Waals surface area contributed by atoms with E-state index in [2.05, 4.69) is 21.7 Å². The van der Waals surface area contributed by atoms with Crippen molar-refractivity contribution >= 4 is 11.7 Å². The summed E-state index contributed by atoms with van der Waals surface area (Å²) in [4.78, 5) is 16.2. The van der Waals surface area contributed by atoms with E-state index in [-0.39, 0.29) is 5.91 Å². The van der Waals surface area contributed by atoms with Crippen molar-refractivity contribution in [1.29, 1.82) is 5.26 Å². The standard InChI is InChI=1S/C15H20N4O/c1-10(2)7-13(8-16)19-15(20)11-3-6-14(17-9-11)18-12-4-5-12/h3,6,9-10,12-13H,4-5,7H2,1-2H3,(H,17,18)(H,19,20). The van der Waals surface area contributed by atoms with E-state index in [1.54, 1.807) is 18.3 Å². The fraction of sp³-hybridized carbons (Fsp3) is 0.533. The molecule has 2 N–H and O–H groups in total. The first-order valence-electron chi connectivity index (χ1n) is 7.01. The molecule has 1 amide bonds. The van der Waals surface area contributed by atoms with Gasteiger partial charge in [0.25, 0.3) is 5.91 Å². The lowest BCUT2D eigenvalue weighted by atomic mass is 10.0. The van der Waals surface area contributed by atoms with Crippen LogP contribution in [0.25, 0.3) is 0 Å². The second-order valence-corrected chi connectivity index (χ2v) is 5.64. The summed E-state index contributed by atoms with van der Waals surface area (Å²) in [7, 11) is 0. The third-order valence-corrected chi connectivity index (χ3v) is 3.12. The van der Waals surface area contributed by atoms with Gasteiger partial charge in [0.1, 0.15) is 11.9 Å². The van der Waals surface area contributed by atoms with E-state index in [4.69, 9.17) is 5.26 Å². The van der Waals surface area contributed by atoms with E-state index >= 15 is 0 Å². The minimum Gasteiger partial charge on any atom is -0.367 e. The maximum Gasteiger partial charge on any atom is 0.253 e. The monoisotopic (exact) mass is 272 g/mol. The van der Waals surface area contributed by atoms with Crippen LogP contribution in [0.1, 0.15) is 43.5 Å². The van der Waals surface area contributed by atoms with Gasteiger partial charge in [-0.25, -0.2) is 4.98 Å². The third-order valence-electron chi connectivity index (χ3n) is 3.12. The minimum absolute atomic E-state index is 0.248. The Hall–Kier alpha value is -2.09. The number of nitrogens with zero attached hydrogens (tertiary/aromatic N) is 2. The summed E-state index contributed by atoms with van der Waals surface area (Å²) in [5.74, 6) is 0.911. The van der Waals surface area contributed by atoms with Crippen molar-refractivity contribution in [3.8, 4) is 6.07 Å². The van der Waals surface area contributed by atoms with E-state index in [0.29, 0.717) is 23.9 Å². The zero-order chi connectivity index (χ0) is 14.5. The summed E-state index contributed by atoms with van der Waals surface area (Å²) < 4.78 is 0. The van der Waals surface area contributed by atoms with Gasteiger partial charge in [-0.1, -0.05) is 13.8 Å². The number of aromatic nitrogens is 1. The summed E-state index contributed by atoms with van der Waals surface area (Å²) in [5.41, 5.74) is 0.482. The van der Waals surface area contributed by atoms with Crippen LogP contribution in [0.4, 0.5) is 5.82 Å². The molecule has 0 radical (unpaired) electrons. The first kappa shape index (κ1) is 14.3. The first-order chi connectivity index (χ1) is 9.58. The fourth-order valence-corrected chi connectivity index (χ4v) is 1.91. The molecule has 1 fully saturated rings. The van der Waals surface area contributed by atoms with Crippen LogP contribution in [0.15, 0.2) is 18.3 Å². The Morgan fingerprint density at radius 1 is 1.50 bits per heavy atom. The lowest BCUT2D eigenvalue weighted by molar-refractivity contribution is 0.0942. The molecule has 20 heavy (non-hydrogen) atoms. The van der Waals surface area contributed by atoms with Gasteiger partial charge in [-0.3, -0.25) is 4.79 Å². The number of amides is 1. The number of nitrogens with one attached hydrogen (secondary N) is 2. The second kappa shape index (κ2) is 6.38. The normalized spacial score (nSPS) is 15.5. The maximum absolute atomic E-state index is 12.0. The molecule has 1 saturated carbocycles. The molecule has 1 aromatic rings. The van der Waals surface area contributed by atoms with Crippen molar-refractivity contribution in [2.75, 3.05) is 5.32 Å². The molecule has 1 atom stereocenters. The number of nitriles is 1. The predicted molar refractivity (Wildman–Crippen MR) is 77.2 cm³/mol. The van der Waals surface area contributed by atoms with E-state index < -0.39 is 6.04 Å². The molecule has 0 aromatic carbocycles. The Labute approximate surface area is 119 Å². The molecule has 5 heteroatoms. The number of hydrogen-bond donors (Lipinski definition) is 2. The molecule has 106 valence electrons. The zero-order valence-electron chi connectivity index (χ0n) is 11.9. The molecule has 1 aliphatic carbocycles. The van der Waals surface area contributed by atoms with Crippen LogP contribution in [0.3, 0.4) is 0 Å². The van der Waals surface area contributed by atoms with Crippen molar-refractivity contribution in [3.05, 3.63) is 23.9 Å². The van der Waals surface area contributed by atoms with Crippen molar-refractivity contribution in [3.63, 3.8) is 0 Å². The first-order valence-corrected chi connectivity index (χ1v) is 7.01. The summed E-state index contributed by atoms with van der Waals surface area (Å²) in [5, 5.41) is 15.0. The number of hydrogen-bond acceptors (Lipinski definition) is 4. The van der Waals surface area contributed by atoms with Gasteiger partial charge in [-0.05, 0) is 37.3 Å². The van der Waals surface area contributed by atoms with Gasteiger partial charge in [0.05, 0.1) is 11.6 Å². The molecular weight excluding hydrogens is 252 g/mol. The highest BCUT2D eigenvalue weighted by Gasteiger charge is 2.21. The van der Waals surface area contributed by atoms with Crippen molar-refractivity contribution in [1.82, 2.24) is 10.3 Å². The molecule has 1 aromatic heterocycles. The molecule has 0 spiro atoms. The SMILES string of the molecule is CC(C)CC(C#N)NC(=O)c1ccc(NC2CC2)nc1. The lowest BCUT2D eigenvalue weighted by Crippen LogP contribution is -2.34. The van der Waals surface area contributed by atoms with E-state index in [1.165, 1.54) is 12.8 Å². The topological polar surface area (TPSA) is 77.8 Å². The summed E-state index contributed by atoms with van der Waals surface area (Å²) >= 11 is 0. The highest BCUT2D eigenvalue weighted by atomic mass is 16.1. The Bertz CT molecular complexity index is 500. The maximum atomic E-state index is 12.0. The Morgan fingerprint density at radius 3 is 2.75 bits per heavy atom. The fourth-order valence-electron chi connectivity index (χ4n) is 1.91. The van der Waals surface area contributed by atoms with Gasteiger partial charge < -0.3 is 10.6 Å². The summed E-state index contributed by atoms with van der Waals surface area (Å²) in [6, 6.07) is 5.74. The van der Waals surface area contributed by atoms with Gasteiger partial charge in [-0.2, -0.15) is 5.26 Å². The van der Waals surface area contributed by atoms with Gasteiger partial charge in [0.2, 0.25) is 0 Å². The van der Waals surface area contributed by atoms with Crippen molar-refractivity contribution < 1.29 is 4.79 Å². The van der Waals surface area contributed by atoms with Gasteiger partial charge in [0.15, 0.2) is 0 Å². The highest BCUT2D eigenvalue weighted by molar-refractivity contribution is 5.94. The number of rotatable bonds is 6. The van der Waals surface area contributed by atoms with Gasteiger partial charge in [0, 0.05) is 12.2 Å². The van der Waals surface area contributed by atoms with Crippen LogP contribution in [0.5, 0.6) is 0 Å². The molecule has 5 nitrogen and oxygen atoms in total. The number of carbonyl (C=O) groups excluding carboxylic acids is 1. The molecule has 1 aliphatic rings. The van der Waals surface area contributed by atoms with E-state index in [1.807, 2.05) is 13.8 Å². The van der Waals surface area contributed by atoms with Crippen LogP contribution in [0.2, 0.25) is 0 Å². The van der Waals surface area contributed by atoms with Crippen molar-refractivity contribution in [2.45, 2.75) is 45.2 Å². The van der Waals surface area contributed by atoms with Gasteiger partial charge in [-0.15, -0.1) is 0 Å². The molecule has 1 heterocycles. The second-order valence-electron chi connectivity index (χ2n) is 5.64. The minimum atomic E-state index is -0.452. The quantitative estimate of drug-likeness (QED) is 0.833. The third kappa shape index (κ3) is 4.23. The smallest absolute Gasteiger partial charge is 0.253 e. The largest absolute Gasteiger partial charge is 0.367 e. The number of carbonyl (C=O) groups is 1. The Balaban J connectivity index is 1.92. The van der Waals surface area contributed by atoms with E-state index in [0.717, 1.165) is 5.82 Å². The molecule has 2 rings (SSSR count). The molecule has 0 saturated heterocycles. The van der Waals surface area contributed by atoms with Crippen LogP contribution in [-0.4, -0.2) is 23.0 Å². The number of pyridine rings is 1. The molecule has 1 unspecified atom stereocenters. The number of anilines is 1. The summed E-state index contributed by atoms with van der Waals surface area (Å²) in [6.07, 6.45) is 4.56. The Kier molecular flexibility index (Phi) is 4.57. The van der Waals surface area contributed by atoms with Crippen LogP contribution < -0.4 is 10.6 Å². The van der Waals surface area contributed by atoms with Crippen LogP contribution >= 0.6 is 0 Å². The average molecular weight is 272 g/mol. The highest BCUT2D eigenvalue weighted by Crippen LogP contribution is 2.23. The zero-order valence-corrected chi connectivity index (χ0v) is 11.9. The van der Waals surface area contributed by atoms with Gasteiger partial charge >= 0.3 is 0 Å². The van der Waals surface area contributed by atoms with Crippen LogP contribution in [0, 0.1) is 17.2 Å². The van der Waals surface area contributed by atoms with Crippen molar-refractivity contribution in [2.24, 2.45) is 5.92 Å². The summed E-state index contributed by atoms with van der Waals surface area (Å²) in [6.45, 7) is 4.05.